The van der Waals surface area contributed by atoms with Crippen LogP contribution in [0.2, 0.25) is 0 Å². The minimum Gasteiger partial charge on any atom is -0.380 e. The minimum atomic E-state index is -0.517. The van der Waals surface area contributed by atoms with Crippen LogP contribution in [0.25, 0.3) is 16.5 Å². The fraction of sp³-hybridized carbons (Fsp3) is 0.385. The van der Waals surface area contributed by atoms with Gasteiger partial charge in [-0.3, -0.25) is 9.59 Å². The molecule has 32 heavy (non-hydrogen) atoms. The molecule has 1 aliphatic rings. The Morgan fingerprint density at radius 3 is 2.81 bits per heavy atom. The van der Waals surface area contributed by atoms with Crippen molar-refractivity contribution in [3.63, 3.8) is 0 Å². The van der Waals surface area contributed by atoms with Crippen LogP contribution in [0, 0.1) is 5.92 Å². The van der Waals surface area contributed by atoms with Gasteiger partial charge in [0.15, 0.2) is 0 Å². The van der Waals surface area contributed by atoms with Gasteiger partial charge in [-0.1, -0.05) is 48.9 Å². The second-order valence-corrected chi connectivity index (χ2v) is 8.29. The molecule has 1 amide bonds. The van der Waals surface area contributed by atoms with Crippen LogP contribution in [0.15, 0.2) is 58.9 Å². The molecule has 1 aromatic carbocycles. The average Bonchev–Trinajstić information content (AvgIpc) is 2.94. The average molecular weight is 436 g/mol. The maximum absolute atomic E-state index is 13.3. The number of pyridine rings is 1. The predicted octanol–water partition coefficient (Wildman–Crippen LogP) is 3.54. The van der Waals surface area contributed by atoms with E-state index in [4.69, 9.17) is 10.5 Å². The van der Waals surface area contributed by atoms with E-state index in [0.717, 1.165) is 22.0 Å². The van der Waals surface area contributed by atoms with E-state index in [1.807, 2.05) is 19.1 Å². The summed E-state index contributed by atoms with van der Waals surface area (Å²) in [5, 5.41) is 4.00. The van der Waals surface area contributed by atoms with Crippen LogP contribution < -0.4 is 16.6 Å². The predicted molar refractivity (Wildman–Crippen MR) is 130 cm³/mol. The maximum Gasteiger partial charge on any atom is 0.255 e. The van der Waals surface area contributed by atoms with Crippen molar-refractivity contribution in [1.29, 1.82) is 0 Å². The van der Waals surface area contributed by atoms with E-state index in [1.54, 1.807) is 11.5 Å². The van der Waals surface area contributed by atoms with E-state index >= 15 is 0 Å². The number of allylic oxidation sites excluding steroid dienone is 6. The molecule has 1 heterocycles. The van der Waals surface area contributed by atoms with Crippen molar-refractivity contribution >= 4 is 22.4 Å². The zero-order valence-corrected chi connectivity index (χ0v) is 19.4. The minimum absolute atomic E-state index is 0.0892. The lowest BCUT2D eigenvalue weighted by Crippen LogP contribution is -2.39. The highest BCUT2D eigenvalue weighted by Crippen LogP contribution is 2.27. The number of nitrogens with zero attached hydrogens (tertiary/aromatic N) is 1. The number of rotatable bonds is 9. The molecular formula is C26H33N3O3. The second kappa shape index (κ2) is 10.6. The summed E-state index contributed by atoms with van der Waals surface area (Å²) < 4.78 is 7.30. The first-order chi connectivity index (χ1) is 15.3. The maximum atomic E-state index is 13.3. The molecule has 3 N–H and O–H groups in total. The fourth-order valence-corrected chi connectivity index (χ4v) is 3.71. The number of hydrogen-bond donors (Lipinski definition) is 2. The Balaban J connectivity index is 2.06. The molecule has 2 unspecified atom stereocenters. The summed E-state index contributed by atoms with van der Waals surface area (Å²) in [7, 11) is 0. The number of primary amides is 1. The van der Waals surface area contributed by atoms with Crippen LogP contribution >= 0.6 is 0 Å². The number of nitrogens with two attached hydrogens (primary N) is 1. The topological polar surface area (TPSA) is 86.3 Å². The van der Waals surface area contributed by atoms with Crippen molar-refractivity contribution in [3.05, 3.63) is 75.6 Å². The molecule has 0 fully saturated rings. The van der Waals surface area contributed by atoms with Gasteiger partial charge in [-0.15, -0.1) is 0 Å². The Hall–Kier alpha value is -2.96. The number of nitrogens with one attached hydrogen (secondary N) is 1. The zero-order valence-electron chi connectivity index (χ0n) is 19.4. The number of fused-ring (bicyclic) bond motifs is 1. The van der Waals surface area contributed by atoms with E-state index in [-0.39, 0.29) is 12.1 Å². The largest absolute Gasteiger partial charge is 0.380 e. The van der Waals surface area contributed by atoms with Gasteiger partial charge in [0.05, 0.1) is 18.2 Å². The smallest absolute Gasteiger partial charge is 0.255 e. The van der Waals surface area contributed by atoms with Gasteiger partial charge in [-0.05, 0) is 55.3 Å². The third kappa shape index (κ3) is 5.44. The van der Waals surface area contributed by atoms with Gasteiger partial charge in [0, 0.05) is 25.3 Å². The van der Waals surface area contributed by atoms with Gasteiger partial charge in [-0.2, -0.15) is 0 Å². The van der Waals surface area contributed by atoms with Crippen LogP contribution in [0.4, 0.5) is 0 Å². The summed E-state index contributed by atoms with van der Waals surface area (Å²) in [4.78, 5) is 24.7. The van der Waals surface area contributed by atoms with E-state index in [2.05, 4.69) is 55.6 Å². The Labute approximate surface area is 189 Å². The number of ether oxygens (including phenoxy) is 1. The lowest BCUT2D eigenvalue weighted by molar-refractivity contribution is -0.119. The van der Waals surface area contributed by atoms with Crippen molar-refractivity contribution in [2.75, 3.05) is 13.2 Å². The first-order valence-corrected chi connectivity index (χ1v) is 11.2. The molecule has 0 radical (unpaired) electrons. The normalized spacial score (nSPS) is 17.1. The van der Waals surface area contributed by atoms with Crippen molar-refractivity contribution < 1.29 is 9.53 Å². The van der Waals surface area contributed by atoms with Gasteiger partial charge < -0.3 is 20.4 Å². The Bertz CT molecular complexity index is 1140. The zero-order chi connectivity index (χ0) is 23.3. The summed E-state index contributed by atoms with van der Waals surface area (Å²) in [6.45, 7) is 9.71. The van der Waals surface area contributed by atoms with Gasteiger partial charge in [0.25, 0.3) is 5.56 Å². The number of aromatic nitrogens is 1. The van der Waals surface area contributed by atoms with Crippen LogP contribution in [-0.2, 0) is 22.6 Å². The van der Waals surface area contributed by atoms with Gasteiger partial charge in [0.1, 0.15) is 0 Å². The summed E-state index contributed by atoms with van der Waals surface area (Å²) in [5.74, 6) is -0.0538. The number of carbonyl (C=O) groups is 1. The Kier molecular flexibility index (Phi) is 7.83. The van der Waals surface area contributed by atoms with E-state index in [0.29, 0.717) is 31.2 Å². The number of hydrogen-bond acceptors (Lipinski definition) is 4. The van der Waals surface area contributed by atoms with Crippen molar-refractivity contribution in [1.82, 2.24) is 9.88 Å². The molecule has 2 aromatic rings. The van der Waals surface area contributed by atoms with Crippen molar-refractivity contribution in [3.8, 4) is 0 Å². The van der Waals surface area contributed by atoms with E-state index < -0.39 is 11.9 Å². The third-order valence-electron chi connectivity index (χ3n) is 5.97. The van der Waals surface area contributed by atoms with E-state index in [9.17, 15) is 9.59 Å². The SMILES string of the molecule is CCOCCn1c(=O)c(CNC(C)C(N)=O)cc2ccc(C3=CC=CC(C)C(C)=C3)cc21. The highest BCUT2D eigenvalue weighted by Gasteiger charge is 2.14. The van der Waals surface area contributed by atoms with Gasteiger partial charge >= 0.3 is 0 Å². The molecule has 170 valence electrons. The number of amides is 1. The van der Waals surface area contributed by atoms with Crippen LogP contribution in [0.3, 0.4) is 0 Å². The van der Waals surface area contributed by atoms with Crippen molar-refractivity contribution in [2.24, 2.45) is 11.7 Å². The second-order valence-electron chi connectivity index (χ2n) is 8.29. The molecule has 0 saturated heterocycles. The molecule has 3 rings (SSSR count). The first-order valence-electron chi connectivity index (χ1n) is 11.2. The summed E-state index contributed by atoms with van der Waals surface area (Å²) >= 11 is 0. The molecule has 0 spiro atoms. The Morgan fingerprint density at radius 1 is 1.31 bits per heavy atom. The Morgan fingerprint density at radius 2 is 2.09 bits per heavy atom. The van der Waals surface area contributed by atoms with Crippen LogP contribution in [0.1, 0.15) is 38.8 Å². The van der Waals surface area contributed by atoms with E-state index in [1.165, 1.54) is 5.57 Å². The fourth-order valence-electron chi connectivity index (χ4n) is 3.71. The molecule has 1 aromatic heterocycles. The quantitative estimate of drug-likeness (QED) is 0.590. The van der Waals surface area contributed by atoms with Crippen LogP contribution in [0.5, 0.6) is 0 Å². The van der Waals surface area contributed by atoms with Crippen LogP contribution in [-0.4, -0.2) is 29.7 Å². The highest BCUT2D eigenvalue weighted by molar-refractivity contribution is 5.87. The number of benzene rings is 1. The summed E-state index contributed by atoms with van der Waals surface area (Å²) in [6.07, 6.45) is 8.59. The molecule has 2 atom stereocenters. The third-order valence-corrected chi connectivity index (χ3v) is 5.97. The molecule has 0 saturated carbocycles. The van der Waals surface area contributed by atoms with Crippen molar-refractivity contribution in [2.45, 2.75) is 46.8 Å². The molecule has 0 bridgehead atoms. The summed E-state index contributed by atoms with van der Waals surface area (Å²) in [5.41, 5.74) is 10.2. The monoisotopic (exact) mass is 435 g/mol. The summed E-state index contributed by atoms with van der Waals surface area (Å²) in [6, 6.07) is 7.58. The highest BCUT2D eigenvalue weighted by atomic mass is 16.5. The lowest BCUT2D eigenvalue weighted by Gasteiger charge is -2.16. The molecule has 6 heteroatoms. The molecule has 0 aliphatic heterocycles. The van der Waals surface area contributed by atoms with Gasteiger partial charge in [-0.25, -0.2) is 0 Å². The molecule has 6 nitrogen and oxygen atoms in total. The number of carbonyl (C=O) groups excluding carboxylic acids is 1. The lowest BCUT2D eigenvalue weighted by atomic mass is 9.98. The molecule has 1 aliphatic carbocycles. The molecular weight excluding hydrogens is 402 g/mol. The standard InChI is InChI=1S/C26H33N3O3/c1-5-32-12-11-29-24-15-21(20-8-6-7-17(2)18(3)13-20)9-10-22(24)14-23(26(29)31)16-28-19(4)25(27)30/h6-10,13-15,17,19,28H,5,11-12,16H2,1-4H3,(H2,27,30). The first kappa shape index (κ1) is 23.7. The van der Waals surface area contributed by atoms with Gasteiger partial charge in [0.2, 0.25) is 5.91 Å².